The highest BCUT2D eigenvalue weighted by Crippen LogP contribution is 2.19. The van der Waals surface area contributed by atoms with Crippen LogP contribution in [0.3, 0.4) is 0 Å². The molecule has 6 nitrogen and oxygen atoms in total. The third kappa shape index (κ3) is 6.17. The van der Waals surface area contributed by atoms with E-state index in [0.717, 1.165) is 18.4 Å². The summed E-state index contributed by atoms with van der Waals surface area (Å²) in [6.45, 7) is 3.32. The number of benzene rings is 2. The summed E-state index contributed by atoms with van der Waals surface area (Å²) in [5, 5.41) is 2.90. The Bertz CT molecular complexity index is 846. The van der Waals surface area contributed by atoms with Gasteiger partial charge in [-0.3, -0.25) is 14.4 Å². The molecule has 0 spiro atoms. The monoisotopic (exact) mass is 408 g/mol. The number of nitrogens with zero attached hydrogens (tertiary/aromatic N) is 1. The van der Waals surface area contributed by atoms with Gasteiger partial charge in [0.25, 0.3) is 11.8 Å². The van der Waals surface area contributed by atoms with E-state index in [4.69, 9.17) is 4.74 Å². The number of carbonyl (C=O) groups excluding carboxylic acids is 3. The summed E-state index contributed by atoms with van der Waals surface area (Å²) in [6, 6.07) is 17.6. The summed E-state index contributed by atoms with van der Waals surface area (Å²) < 4.78 is 5.24. The van der Waals surface area contributed by atoms with E-state index in [0.29, 0.717) is 24.6 Å². The van der Waals surface area contributed by atoms with Crippen LogP contribution >= 0.6 is 0 Å². The van der Waals surface area contributed by atoms with Gasteiger partial charge in [0.2, 0.25) is 0 Å². The third-order valence-electron chi connectivity index (χ3n) is 5.41. The largest absolute Gasteiger partial charge is 0.455 e. The smallest absolute Gasteiger partial charge is 0.308 e. The van der Waals surface area contributed by atoms with Gasteiger partial charge in [-0.2, -0.15) is 0 Å². The first-order chi connectivity index (χ1) is 14.5. The highest BCUT2D eigenvalue weighted by Gasteiger charge is 2.23. The van der Waals surface area contributed by atoms with Crippen molar-refractivity contribution >= 4 is 17.8 Å². The zero-order valence-corrected chi connectivity index (χ0v) is 17.3. The molecule has 1 N–H and O–H groups in total. The second kappa shape index (κ2) is 10.6. The fourth-order valence-corrected chi connectivity index (χ4v) is 3.49. The maximum Gasteiger partial charge on any atom is 0.308 e. The molecule has 1 unspecified atom stereocenters. The van der Waals surface area contributed by atoms with Crippen LogP contribution in [0.1, 0.15) is 48.1 Å². The number of nitrogens with one attached hydrogen (secondary N) is 1. The first kappa shape index (κ1) is 21.6. The fraction of sp³-hybridized carbons (Fsp3) is 0.375. The molecule has 30 heavy (non-hydrogen) atoms. The summed E-state index contributed by atoms with van der Waals surface area (Å²) in [5.41, 5.74) is 1.32. The first-order valence-electron chi connectivity index (χ1n) is 10.4. The Labute approximate surface area is 177 Å². The van der Waals surface area contributed by atoms with Gasteiger partial charge in [0.15, 0.2) is 6.61 Å². The number of carbonyl (C=O) groups is 3. The number of ether oxygens (including phenoxy) is 1. The molecular formula is C24H28N2O4. The molecule has 0 radical (unpaired) electrons. The van der Waals surface area contributed by atoms with E-state index >= 15 is 0 Å². The number of hydrogen-bond acceptors (Lipinski definition) is 4. The second-order valence-electron chi connectivity index (χ2n) is 7.73. The number of esters is 1. The molecule has 1 fully saturated rings. The highest BCUT2D eigenvalue weighted by atomic mass is 16.5. The standard InChI is InChI=1S/C24H28N2O4/c1-18-12-14-26(15-13-18)22(27)17-30-23(28)16-21(19-8-4-2-5-9-19)25-24(29)20-10-6-3-7-11-20/h2-11,18,21H,12-17H2,1H3,(H,25,29). The molecule has 2 aromatic carbocycles. The van der Waals surface area contributed by atoms with Gasteiger partial charge in [0, 0.05) is 18.7 Å². The molecule has 6 heteroatoms. The summed E-state index contributed by atoms with van der Waals surface area (Å²) in [4.78, 5) is 39.1. The third-order valence-corrected chi connectivity index (χ3v) is 5.41. The molecule has 158 valence electrons. The predicted molar refractivity (Wildman–Crippen MR) is 114 cm³/mol. The van der Waals surface area contributed by atoms with Crippen LogP contribution < -0.4 is 5.32 Å². The Hall–Kier alpha value is -3.15. The van der Waals surface area contributed by atoms with Gasteiger partial charge in [-0.15, -0.1) is 0 Å². The number of rotatable bonds is 7. The summed E-state index contributed by atoms with van der Waals surface area (Å²) in [6.07, 6.45) is 1.90. The van der Waals surface area contributed by atoms with E-state index in [9.17, 15) is 14.4 Å². The van der Waals surface area contributed by atoms with Crippen LogP contribution in [0.25, 0.3) is 0 Å². The molecular weight excluding hydrogens is 380 g/mol. The molecule has 1 heterocycles. The van der Waals surface area contributed by atoms with Gasteiger partial charge in [0.05, 0.1) is 12.5 Å². The molecule has 1 atom stereocenters. The van der Waals surface area contributed by atoms with Gasteiger partial charge < -0.3 is 15.0 Å². The molecule has 0 aliphatic carbocycles. The second-order valence-corrected chi connectivity index (χ2v) is 7.73. The minimum Gasteiger partial charge on any atom is -0.455 e. The Morgan fingerprint density at radius 1 is 1.00 bits per heavy atom. The van der Waals surface area contributed by atoms with Gasteiger partial charge in [-0.05, 0) is 36.5 Å². The Kier molecular flexibility index (Phi) is 7.60. The van der Waals surface area contributed by atoms with Gasteiger partial charge in [0.1, 0.15) is 0 Å². The number of amides is 2. The van der Waals surface area contributed by atoms with E-state index in [-0.39, 0.29) is 24.8 Å². The molecule has 0 saturated carbocycles. The predicted octanol–water partition coefficient (Wildman–Crippen LogP) is 3.35. The van der Waals surface area contributed by atoms with Crippen molar-refractivity contribution in [1.82, 2.24) is 10.2 Å². The molecule has 1 aliphatic heterocycles. The number of likely N-dealkylation sites (tertiary alicyclic amines) is 1. The minimum absolute atomic E-state index is 0.0487. The van der Waals surface area contributed by atoms with Crippen molar-refractivity contribution in [3.63, 3.8) is 0 Å². The molecule has 1 saturated heterocycles. The van der Waals surface area contributed by atoms with Crippen molar-refractivity contribution in [1.29, 1.82) is 0 Å². The SMILES string of the molecule is CC1CCN(C(=O)COC(=O)CC(NC(=O)c2ccccc2)c2ccccc2)CC1. The van der Waals surface area contributed by atoms with E-state index in [1.54, 1.807) is 29.2 Å². The average molecular weight is 408 g/mol. The lowest BCUT2D eigenvalue weighted by atomic mass is 9.99. The van der Waals surface area contributed by atoms with Crippen LogP contribution in [0.15, 0.2) is 60.7 Å². The molecule has 1 aliphatic rings. The van der Waals surface area contributed by atoms with E-state index in [1.807, 2.05) is 36.4 Å². The molecule has 2 aromatic rings. The van der Waals surface area contributed by atoms with E-state index in [2.05, 4.69) is 12.2 Å². The lowest BCUT2D eigenvalue weighted by Crippen LogP contribution is -2.40. The van der Waals surface area contributed by atoms with Crippen molar-refractivity contribution in [2.24, 2.45) is 5.92 Å². The molecule has 0 aromatic heterocycles. The number of piperidine rings is 1. The molecule has 0 bridgehead atoms. The zero-order chi connectivity index (χ0) is 21.3. The Balaban J connectivity index is 1.58. The summed E-state index contributed by atoms with van der Waals surface area (Å²) in [7, 11) is 0. The topological polar surface area (TPSA) is 75.7 Å². The molecule has 2 amide bonds. The summed E-state index contributed by atoms with van der Waals surface area (Å²) in [5.74, 6) is -0.331. The van der Waals surface area contributed by atoms with E-state index in [1.165, 1.54) is 0 Å². The maximum absolute atomic E-state index is 12.6. The van der Waals surface area contributed by atoms with Crippen LogP contribution in [-0.4, -0.2) is 42.4 Å². The average Bonchev–Trinajstić information content (AvgIpc) is 2.78. The Morgan fingerprint density at radius 3 is 2.23 bits per heavy atom. The normalized spacial score (nSPS) is 15.3. The lowest BCUT2D eigenvalue weighted by molar-refractivity contribution is -0.153. The van der Waals surface area contributed by atoms with Crippen molar-refractivity contribution in [2.45, 2.75) is 32.2 Å². The van der Waals surface area contributed by atoms with Crippen LogP contribution in [-0.2, 0) is 14.3 Å². The quantitative estimate of drug-likeness (QED) is 0.713. The van der Waals surface area contributed by atoms with Crippen LogP contribution in [0.4, 0.5) is 0 Å². The van der Waals surface area contributed by atoms with Crippen molar-refractivity contribution in [3.05, 3.63) is 71.8 Å². The van der Waals surface area contributed by atoms with Gasteiger partial charge >= 0.3 is 5.97 Å². The lowest BCUT2D eigenvalue weighted by Gasteiger charge is -2.30. The first-order valence-corrected chi connectivity index (χ1v) is 10.4. The van der Waals surface area contributed by atoms with Gasteiger partial charge in [-0.25, -0.2) is 0 Å². The van der Waals surface area contributed by atoms with Crippen molar-refractivity contribution in [3.8, 4) is 0 Å². The van der Waals surface area contributed by atoms with E-state index < -0.39 is 12.0 Å². The zero-order valence-electron chi connectivity index (χ0n) is 17.3. The number of hydrogen-bond donors (Lipinski definition) is 1. The maximum atomic E-state index is 12.6. The fourth-order valence-electron chi connectivity index (χ4n) is 3.49. The minimum atomic E-state index is -0.544. The molecule has 3 rings (SSSR count). The summed E-state index contributed by atoms with van der Waals surface area (Å²) >= 11 is 0. The van der Waals surface area contributed by atoms with Crippen LogP contribution in [0.5, 0.6) is 0 Å². The van der Waals surface area contributed by atoms with Crippen LogP contribution in [0.2, 0.25) is 0 Å². The van der Waals surface area contributed by atoms with Crippen molar-refractivity contribution in [2.75, 3.05) is 19.7 Å². The Morgan fingerprint density at radius 2 is 1.60 bits per heavy atom. The van der Waals surface area contributed by atoms with Crippen LogP contribution in [0, 0.1) is 5.92 Å². The van der Waals surface area contributed by atoms with Crippen molar-refractivity contribution < 1.29 is 19.1 Å². The highest BCUT2D eigenvalue weighted by molar-refractivity contribution is 5.94. The van der Waals surface area contributed by atoms with Gasteiger partial charge in [-0.1, -0.05) is 55.5 Å².